The fourth-order valence-corrected chi connectivity index (χ4v) is 3.29. The van der Waals surface area contributed by atoms with Gasteiger partial charge in [0, 0.05) is 10.9 Å². The Labute approximate surface area is 109 Å². The summed E-state index contributed by atoms with van der Waals surface area (Å²) in [6.07, 6.45) is 0.709. The highest BCUT2D eigenvalue weighted by Crippen LogP contribution is 2.33. The molecule has 0 saturated heterocycles. The second-order valence-electron chi connectivity index (χ2n) is 3.98. The highest BCUT2D eigenvalue weighted by molar-refractivity contribution is 8.01. The Balaban J connectivity index is 2.14. The van der Waals surface area contributed by atoms with E-state index in [1.807, 2.05) is 36.6 Å². The van der Waals surface area contributed by atoms with Gasteiger partial charge in [-0.3, -0.25) is 0 Å². The molecule has 1 unspecified atom stereocenters. The first kappa shape index (κ1) is 12.6. The first-order chi connectivity index (χ1) is 8.15. The number of nitrogens with two attached hydrogens (primary N) is 1. The third-order valence-electron chi connectivity index (χ3n) is 2.26. The maximum absolute atomic E-state index is 13.8. The van der Waals surface area contributed by atoms with Crippen molar-refractivity contribution in [3.8, 4) is 0 Å². The van der Waals surface area contributed by atoms with E-state index in [0.29, 0.717) is 11.3 Å². The minimum atomic E-state index is -0.165. The van der Waals surface area contributed by atoms with E-state index in [1.165, 1.54) is 11.8 Å². The lowest BCUT2D eigenvalue weighted by atomic mass is 10.1. The quantitative estimate of drug-likeness (QED) is 0.908. The number of rotatable bonds is 4. The minimum Gasteiger partial charge on any atom is -0.328 e. The van der Waals surface area contributed by atoms with Crippen LogP contribution in [0.5, 0.6) is 0 Å². The second-order valence-corrected chi connectivity index (χ2v) is 6.27. The third kappa shape index (κ3) is 3.56. The molecule has 0 aliphatic carbocycles. The molecule has 1 heterocycles. The van der Waals surface area contributed by atoms with Crippen molar-refractivity contribution in [3.63, 3.8) is 0 Å². The van der Waals surface area contributed by atoms with Gasteiger partial charge < -0.3 is 5.73 Å². The molecule has 2 aromatic rings. The predicted octanol–water partition coefficient (Wildman–Crippen LogP) is 3.93. The molecule has 0 bridgehead atoms. The summed E-state index contributed by atoms with van der Waals surface area (Å²) in [4.78, 5) is 0.667. The topological polar surface area (TPSA) is 26.0 Å². The first-order valence-electron chi connectivity index (χ1n) is 5.40. The van der Waals surface area contributed by atoms with Crippen LogP contribution in [0.15, 0.2) is 44.8 Å². The largest absolute Gasteiger partial charge is 0.328 e. The van der Waals surface area contributed by atoms with Crippen molar-refractivity contribution < 1.29 is 4.39 Å². The van der Waals surface area contributed by atoms with E-state index in [0.717, 1.165) is 9.77 Å². The molecular formula is C13H14FNS2. The van der Waals surface area contributed by atoms with E-state index in [9.17, 15) is 4.39 Å². The molecule has 2 N–H and O–H groups in total. The van der Waals surface area contributed by atoms with Crippen molar-refractivity contribution in [2.24, 2.45) is 5.73 Å². The van der Waals surface area contributed by atoms with Crippen LogP contribution in [0, 0.1) is 5.82 Å². The Kier molecular flexibility index (Phi) is 4.20. The Morgan fingerprint density at radius 2 is 2.24 bits per heavy atom. The van der Waals surface area contributed by atoms with Gasteiger partial charge in [0.1, 0.15) is 5.82 Å². The zero-order valence-corrected chi connectivity index (χ0v) is 11.2. The molecule has 4 heteroatoms. The molecule has 0 saturated carbocycles. The van der Waals surface area contributed by atoms with Crippen LogP contribution in [-0.2, 0) is 6.42 Å². The highest BCUT2D eigenvalue weighted by atomic mass is 32.2. The van der Waals surface area contributed by atoms with Crippen LogP contribution in [0.3, 0.4) is 0 Å². The summed E-state index contributed by atoms with van der Waals surface area (Å²) >= 11 is 3.08. The van der Waals surface area contributed by atoms with Crippen LogP contribution >= 0.6 is 23.1 Å². The van der Waals surface area contributed by atoms with E-state index in [4.69, 9.17) is 5.73 Å². The van der Waals surface area contributed by atoms with Gasteiger partial charge in [-0.15, -0.1) is 11.3 Å². The van der Waals surface area contributed by atoms with Gasteiger partial charge in [-0.1, -0.05) is 23.9 Å². The van der Waals surface area contributed by atoms with Crippen molar-refractivity contribution in [2.45, 2.75) is 28.5 Å². The number of thiophene rings is 1. The molecule has 0 fully saturated rings. The average Bonchev–Trinajstić information content (AvgIpc) is 2.74. The molecule has 1 nitrogen and oxygen atoms in total. The average molecular weight is 267 g/mol. The molecule has 0 radical (unpaired) electrons. The number of benzene rings is 1. The van der Waals surface area contributed by atoms with E-state index >= 15 is 0 Å². The molecule has 0 aliphatic heterocycles. The van der Waals surface area contributed by atoms with Gasteiger partial charge in [-0.2, -0.15) is 0 Å². The molecule has 1 aromatic heterocycles. The van der Waals surface area contributed by atoms with Gasteiger partial charge in [-0.25, -0.2) is 4.39 Å². The van der Waals surface area contributed by atoms with Gasteiger partial charge in [0.05, 0.1) is 4.21 Å². The smallest absolute Gasteiger partial charge is 0.137 e. The summed E-state index contributed by atoms with van der Waals surface area (Å²) in [6, 6.07) is 9.38. The molecule has 0 spiro atoms. The number of halogens is 1. The summed E-state index contributed by atoms with van der Waals surface area (Å²) < 4.78 is 14.9. The maximum atomic E-state index is 13.8. The normalized spacial score (nSPS) is 12.6. The maximum Gasteiger partial charge on any atom is 0.137 e. The lowest BCUT2D eigenvalue weighted by Gasteiger charge is -2.07. The summed E-state index contributed by atoms with van der Waals surface area (Å²) in [5, 5.41) is 1.99. The lowest BCUT2D eigenvalue weighted by Crippen LogP contribution is -2.17. The molecule has 0 amide bonds. The highest BCUT2D eigenvalue weighted by Gasteiger charge is 2.07. The van der Waals surface area contributed by atoms with Crippen LogP contribution < -0.4 is 5.73 Å². The van der Waals surface area contributed by atoms with Crippen LogP contribution in [-0.4, -0.2) is 6.04 Å². The fourth-order valence-electron chi connectivity index (χ4n) is 1.56. The van der Waals surface area contributed by atoms with Gasteiger partial charge in [0.2, 0.25) is 0 Å². The lowest BCUT2D eigenvalue weighted by molar-refractivity contribution is 0.597. The summed E-state index contributed by atoms with van der Waals surface area (Å²) in [5.74, 6) is -0.165. The van der Waals surface area contributed by atoms with E-state index in [1.54, 1.807) is 17.4 Å². The van der Waals surface area contributed by atoms with E-state index in [-0.39, 0.29) is 11.9 Å². The van der Waals surface area contributed by atoms with Crippen molar-refractivity contribution >= 4 is 23.1 Å². The van der Waals surface area contributed by atoms with Crippen molar-refractivity contribution in [1.29, 1.82) is 0 Å². The Morgan fingerprint density at radius 3 is 2.82 bits per heavy atom. The molecule has 17 heavy (non-hydrogen) atoms. The Morgan fingerprint density at radius 1 is 1.41 bits per heavy atom. The zero-order valence-electron chi connectivity index (χ0n) is 9.52. The molecule has 2 rings (SSSR count). The SMILES string of the molecule is CC(N)Cc1ccc(Sc2cccs2)c(F)c1. The Hall–Kier alpha value is -0.840. The van der Waals surface area contributed by atoms with Gasteiger partial charge in [-0.05, 0) is 42.5 Å². The van der Waals surface area contributed by atoms with Crippen molar-refractivity contribution in [1.82, 2.24) is 0 Å². The zero-order chi connectivity index (χ0) is 12.3. The second kappa shape index (κ2) is 5.67. The molecule has 90 valence electrons. The molecule has 0 aliphatic rings. The van der Waals surface area contributed by atoms with Gasteiger partial charge >= 0.3 is 0 Å². The molecule has 1 atom stereocenters. The standard InChI is InChI=1S/C13H14FNS2/c1-9(15)7-10-4-5-12(11(14)8-10)17-13-3-2-6-16-13/h2-6,8-9H,7,15H2,1H3. The van der Waals surface area contributed by atoms with Crippen LogP contribution in [0.25, 0.3) is 0 Å². The Bertz CT molecular complexity index is 480. The van der Waals surface area contributed by atoms with Crippen LogP contribution in [0.4, 0.5) is 4.39 Å². The van der Waals surface area contributed by atoms with E-state index < -0.39 is 0 Å². The monoisotopic (exact) mass is 267 g/mol. The minimum absolute atomic E-state index is 0.0604. The summed E-state index contributed by atoms with van der Waals surface area (Å²) in [6.45, 7) is 1.92. The van der Waals surface area contributed by atoms with Crippen molar-refractivity contribution in [3.05, 3.63) is 47.1 Å². The van der Waals surface area contributed by atoms with Gasteiger partial charge in [0.15, 0.2) is 0 Å². The molecule has 1 aromatic carbocycles. The van der Waals surface area contributed by atoms with Gasteiger partial charge in [0.25, 0.3) is 0 Å². The summed E-state index contributed by atoms with van der Waals surface area (Å²) in [5.41, 5.74) is 6.65. The summed E-state index contributed by atoms with van der Waals surface area (Å²) in [7, 11) is 0. The number of hydrogen-bond donors (Lipinski definition) is 1. The fraction of sp³-hybridized carbons (Fsp3) is 0.231. The van der Waals surface area contributed by atoms with E-state index in [2.05, 4.69) is 0 Å². The molecular weight excluding hydrogens is 253 g/mol. The first-order valence-corrected chi connectivity index (χ1v) is 7.10. The van der Waals surface area contributed by atoms with Crippen LogP contribution in [0.2, 0.25) is 0 Å². The van der Waals surface area contributed by atoms with Crippen molar-refractivity contribution in [2.75, 3.05) is 0 Å². The van der Waals surface area contributed by atoms with Crippen LogP contribution in [0.1, 0.15) is 12.5 Å². The predicted molar refractivity (Wildman–Crippen MR) is 72.2 cm³/mol. The number of hydrogen-bond acceptors (Lipinski definition) is 3. The third-order valence-corrected chi connectivity index (χ3v) is 4.35.